The van der Waals surface area contributed by atoms with Gasteiger partial charge in [-0.1, -0.05) is 29.8 Å². The number of nitrogens with zero attached hydrogens (tertiary/aromatic N) is 2. The van der Waals surface area contributed by atoms with Gasteiger partial charge < -0.3 is 0 Å². The number of nitrogens with one attached hydrogen (secondary N) is 1. The highest BCUT2D eigenvalue weighted by molar-refractivity contribution is 7.18. The van der Waals surface area contributed by atoms with Crippen molar-refractivity contribution in [3.05, 3.63) is 57.7 Å². The fourth-order valence-electron chi connectivity index (χ4n) is 1.83. The zero-order chi connectivity index (χ0) is 13.9. The highest BCUT2D eigenvalue weighted by atomic mass is 35.5. The second-order valence-corrected chi connectivity index (χ2v) is 6.02. The second kappa shape index (κ2) is 5.61. The molecule has 0 radical (unpaired) electrons. The van der Waals surface area contributed by atoms with Crippen LogP contribution in [0, 0.1) is 0 Å². The minimum atomic E-state index is 0.728. The Hall–Kier alpha value is -1.91. The van der Waals surface area contributed by atoms with E-state index < -0.39 is 0 Å². The summed E-state index contributed by atoms with van der Waals surface area (Å²) < 4.78 is 0.762. The summed E-state index contributed by atoms with van der Waals surface area (Å²) in [4.78, 5) is 5.55. The third kappa shape index (κ3) is 2.81. The number of fused-ring (bicyclic) bond motifs is 1. The van der Waals surface area contributed by atoms with Gasteiger partial charge in [0.2, 0.25) is 0 Å². The monoisotopic (exact) mass is 301 g/mol. The Morgan fingerprint density at radius 1 is 1.15 bits per heavy atom. The zero-order valence-electron chi connectivity index (χ0n) is 10.8. The average molecular weight is 302 g/mol. The second-order valence-electron chi connectivity index (χ2n) is 4.30. The first-order valence-electron chi connectivity index (χ1n) is 6.14. The number of rotatable bonds is 3. The van der Waals surface area contributed by atoms with Crippen molar-refractivity contribution in [2.45, 2.75) is 6.92 Å². The number of benzene rings is 1. The number of hydrazone groups is 1. The van der Waals surface area contributed by atoms with Crippen LogP contribution in [0.2, 0.25) is 4.34 Å². The summed E-state index contributed by atoms with van der Waals surface area (Å²) in [6.07, 6.45) is 0. The lowest BCUT2D eigenvalue weighted by atomic mass is 10.2. The molecule has 0 aliphatic rings. The van der Waals surface area contributed by atoms with E-state index in [4.69, 9.17) is 11.6 Å². The Labute approximate surface area is 125 Å². The molecule has 0 aliphatic heterocycles. The molecule has 1 aromatic carbocycles. The van der Waals surface area contributed by atoms with Gasteiger partial charge in [-0.2, -0.15) is 5.10 Å². The molecule has 3 aromatic rings. The molecule has 3 nitrogen and oxygen atoms in total. The summed E-state index contributed by atoms with van der Waals surface area (Å²) in [5.74, 6) is 0.728. The van der Waals surface area contributed by atoms with Gasteiger partial charge in [0, 0.05) is 5.39 Å². The molecule has 20 heavy (non-hydrogen) atoms. The summed E-state index contributed by atoms with van der Waals surface area (Å²) in [5, 5.41) is 5.46. The Balaban J connectivity index is 1.82. The van der Waals surface area contributed by atoms with Crippen LogP contribution in [0.15, 0.2) is 53.6 Å². The maximum Gasteiger partial charge on any atom is 0.146 e. The zero-order valence-corrected chi connectivity index (χ0v) is 12.4. The molecule has 3 rings (SSSR count). The van der Waals surface area contributed by atoms with Gasteiger partial charge in [0.15, 0.2) is 0 Å². The molecule has 2 aromatic heterocycles. The SMILES string of the molecule is C/C(=N\Nc1ccc2ccccc2n1)c1ccc(Cl)s1. The van der Waals surface area contributed by atoms with E-state index in [9.17, 15) is 0 Å². The molecule has 0 atom stereocenters. The number of anilines is 1. The Kier molecular flexibility index (Phi) is 3.67. The van der Waals surface area contributed by atoms with Crippen molar-refractivity contribution in [2.75, 3.05) is 5.43 Å². The van der Waals surface area contributed by atoms with E-state index in [1.807, 2.05) is 55.5 Å². The van der Waals surface area contributed by atoms with Crippen molar-refractivity contribution in [1.29, 1.82) is 0 Å². The number of aromatic nitrogens is 1. The van der Waals surface area contributed by atoms with Gasteiger partial charge >= 0.3 is 0 Å². The van der Waals surface area contributed by atoms with Crippen LogP contribution in [0.1, 0.15) is 11.8 Å². The third-order valence-electron chi connectivity index (χ3n) is 2.87. The summed E-state index contributed by atoms with van der Waals surface area (Å²) >= 11 is 7.43. The lowest BCUT2D eigenvalue weighted by Crippen LogP contribution is -1.98. The van der Waals surface area contributed by atoms with Gasteiger partial charge in [0.05, 0.1) is 20.4 Å². The Bertz CT molecular complexity index is 779. The molecule has 2 heterocycles. The molecule has 100 valence electrons. The highest BCUT2D eigenvalue weighted by Gasteiger charge is 2.02. The first-order valence-corrected chi connectivity index (χ1v) is 7.33. The number of pyridine rings is 1. The number of hydrogen-bond acceptors (Lipinski definition) is 4. The standard InChI is InChI=1S/C15H12ClN3S/c1-10(13-7-8-14(16)20-13)18-19-15-9-6-11-4-2-3-5-12(11)17-15/h2-9H,1H3,(H,17,19)/b18-10+. The van der Waals surface area contributed by atoms with E-state index in [0.717, 1.165) is 31.6 Å². The van der Waals surface area contributed by atoms with E-state index >= 15 is 0 Å². The van der Waals surface area contributed by atoms with Gasteiger partial charge in [-0.3, -0.25) is 5.43 Å². The quantitative estimate of drug-likeness (QED) is 0.558. The highest BCUT2D eigenvalue weighted by Crippen LogP contribution is 2.22. The van der Waals surface area contributed by atoms with Gasteiger partial charge in [0.25, 0.3) is 0 Å². The predicted molar refractivity (Wildman–Crippen MR) is 86.9 cm³/mol. The predicted octanol–water partition coefficient (Wildman–Crippen LogP) is 4.79. The van der Waals surface area contributed by atoms with Crippen LogP contribution in [0.25, 0.3) is 10.9 Å². The van der Waals surface area contributed by atoms with E-state index in [2.05, 4.69) is 15.5 Å². The van der Waals surface area contributed by atoms with Gasteiger partial charge in [-0.25, -0.2) is 4.98 Å². The molecule has 0 amide bonds. The van der Waals surface area contributed by atoms with E-state index in [-0.39, 0.29) is 0 Å². The molecule has 0 saturated heterocycles. The molecule has 0 saturated carbocycles. The van der Waals surface area contributed by atoms with Crippen molar-refractivity contribution < 1.29 is 0 Å². The summed E-state index contributed by atoms with van der Waals surface area (Å²) in [6, 6.07) is 15.8. The minimum Gasteiger partial charge on any atom is -0.261 e. The van der Waals surface area contributed by atoms with Crippen LogP contribution in [0.5, 0.6) is 0 Å². The number of hydrogen-bond donors (Lipinski definition) is 1. The number of para-hydroxylation sites is 1. The molecule has 0 fully saturated rings. The largest absolute Gasteiger partial charge is 0.261 e. The van der Waals surface area contributed by atoms with Crippen LogP contribution in [-0.4, -0.2) is 10.7 Å². The van der Waals surface area contributed by atoms with E-state index in [1.54, 1.807) is 0 Å². The fourth-order valence-corrected chi connectivity index (χ4v) is 2.82. The summed E-state index contributed by atoms with van der Waals surface area (Å²) in [5.41, 5.74) is 4.82. The van der Waals surface area contributed by atoms with E-state index in [1.165, 1.54) is 11.3 Å². The summed E-state index contributed by atoms with van der Waals surface area (Å²) in [7, 11) is 0. The average Bonchev–Trinajstić information content (AvgIpc) is 2.91. The van der Waals surface area contributed by atoms with Crippen LogP contribution in [-0.2, 0) is 0 Å². The first-order chi connectivity index (χ1) is 9.72. The number of thiophene rings is 1. The molecule has 5 heteroatoms. The lowest BCUT2D eigenvalue weighted by molar-refractivity contribution is 1.25. The Morgan fingerprint density at radius 2 is 2.00 bits per heavy atom. The Morgan fingerprint density at radius 3 is 2.80 bits per heavy atom. The van der Waals surface area contributed by atoms with Crippen LogP contribution < -0.4 is 5.43 Å². The molecule has 0 unspecified atom stereocenters. The molecule has 1 N–H and O–H groups in total. The normalized spacial score (nSPS) is 11.8. The van der Waals surface area contributed by atoms with Crippen molar-refractivity contribution in [2.24, 2.45) is 5.10 Å². The van der Waals surface area contributed by atoms with Gasteiger partial charge in [0.1, 0.15) is 5.82 Å². The van der Waals surface area contributed by atoms with Crippen LogP contribution in [0.3, 0.4) is 0 Å². The lowest BCUT2D eigenvalue weighted by Gasteiger charge is -2.03. The summed E-state index contributed by atoms with van der Waals surface area (Å²) in [6.45, 7) is 1.94. The minimum absolute atomic E-state index is 0.728. The molecular weight excluding hydrogens is 290 g/mol. The third-order valence-corrected chi connectivity index (χ3v) is 4.21. The van der Waals surface area contributed by atoms with Crippen LogP contribution in [0.4, 0.5) is 5.82 Å². The molecule has 0 bridgehead atoms. The fraction of sp³-hybridized carbons (Fsp3) is 0.0667. The number of halogens is 1. The van der Waals surface area contributed by atoms with Crippen molar-refractivity contribution in [1.82, 2.24) is 4.98 Å². The topological polar surface area (TPSA) is 37.3 Å². The van der Waals surface area contributed by atoms with Gasteiger partial charge in [-0.15, -0.1) is 11.3 Å². The van der Waals surface area contributed by atoms with Crippen molar-refractivity contribution >= 4 is 45.4 Å². The molecule has 0 aliphatic carbocycles. The maximum absolute atomic E-state index is 5.92. The first kappa shape index (κ1) is 13.1. The maximum atomic E-state index is 5.92. The van der Waals surface area contributed by atoms with Crippen molar-refractivity contribution in [3.8, 4) is 0 Å². The van der Waals surface area contributed by atoms with E-state index in [0.29, 0.717) is 0 Å². The van der Waals surface area contributed by atoms with Crippen LogP contribution >= 0.6 is 22.9 Å². The molecule has 0 spiro atoms. The molecular formula is C15H12ClN3S. The van der Waals surface area contributed by atoms with Gasteiger partial charge in [-0.05, 0) is 37.3 Å². The van der Waals surface area contributed by atoms with Crippen molar-refractivity contribution in [3.63, 3.8) is 0 Å². The smallest absolute Gasteiger partial charge is 0.146 e.